The highest BCUT2D eigenvalue weighted by molar-refractivity contribution is 8.04. The summed E-state index contributed by atoms with van der Waals surface area (Å²) in [5.74, 6) is 0.464. The summed E-state index contributed by atoms with van der Waals surface area (Å²) in [6.07, 6.45) is 2.32. The zero-order chi connectivity index (χ0) is 26.8. The smallest absolute Gasteiger partial charge is 0.265 e. The van der Waals surface area contributed by atoms with Crippen LogP contribution in [-0.2, 0) is 26.8 Å². The Hall–Kier alpha value is -2.36. The van der Waals surface area contributed by atoms with Gasteiger partial charge in [0.05, 0.1) is 52.9 Å². The van der Waals surface area contributed by atoms with Crippen LogP contribution in [-0.4, -0.2) is 58.2 Å². The summed E-state index contributed by atoms with van der Waals surface area (Å²) in [5.41, 5.74) is 1.71. The van der Waals surface area contributed by atoms with E-state index in [4.69, 9.17) is 9.47 Å². The van der Waals surface area contributed by atoms with Gasteiger partial charge in [-0.2, -0.15) is 13.0 Å². The van der Waals surface area contributed by atoms with E-state index >= 15 is 0 Å². The Labute approximate surface area is 224 Å². The standard InChI is InChI=1S/C23H26N2O8S4/c1-32-16-5-7-20-18(13-16)24(9-3-11-36(26,27)28)22(34-20)15-23-25(10-4-12-37(29,30)31)19-14-17(33-2)6-8-21(19)35-23/h5-8,13-15H,3-4,9-12H2,1-2H3,(H-,26,27,28,29,30,31). The van der Waals surface area contributed by atoms with Crippen LogP contribution in [0.15, 0.2) is 46.3 Å². The average molecular weight is 587 g/mol. The number of benzene rings is 2. The van der Waals surface area contributed by atoms with Crippen molar-refractivity contribution in [1.82, 2.24) is 0 Å². The molecule has 2 aromatic carbocycles. The largest absolute Gasteiger partial charge is 0.748 e. The molecule has 0 saturated carbocycles. The Kier molecular flexibility index (Phi) is 8.35. The molecule has 0 radical (unpaired) electrons. The molecule has 0 fully saturated rings. The quantitative estimate of drug-likeness (QED) is 0.263. The second kappa shape index (κ2) is 11.2. The van der Waals surface area contributed by atoms with Crippen LogP contribution in [0, 0.1) is 0 Å². The number of ether oxygens (including phenoxy) is 2. The Morgan fingerprint density at radius 3 is 2.41 bits per heavy atom. The number of aryl methyl sites for hydroxylation is 1. The molecule has 1 aromatic heterocycles. The van der Waals surface area contributed by atoms with Crippen LogP contribution >= 0.6 is 23.1 Å². The lowest BCUT2D eigenvalue weighted by Gasteiger charge is -2.20. The Morgan fingerprint density at radius 1 is 1.03 bits per heavy atom. The van der Waals surface area contributed by atoms with E-state index in [2.05, 4.69) is 0 Å². The molecule has 2 heterocycles. The van der Waals surface area contributed by atoms with Crippen LogP contribution < -0.4 is 18.9 Å². The van der Waals surface area contributed by atoms with Gasteiger partial charge in [-0.3, -0.25) is 4.55 Å². The van der Waals surface area contributed by atoms with Crippen molar-refractivity contribution in [3.05, 3.63) is 46.4 Å². The van der Waals surface area contributed by atoms with Crippen molar-refractivity contribution in [2.24, 2.45) is 0 Å². The van der Waals surface area contributed by atoms with E-state index < -0.39 is 26.0 Å². The third-order valence-electron chi connectivity index (χ3n) is 5.68. The normalized spacial score (nSPS) is 14.9. The van der Waals surface area contributed by atoms with Gasteiger partial charge in [0.25, 0.3) is 15.1 Å². The zero-order valence-electron chi connectivity index (χ0n) is 20.1. The molecule has 37 heavy (non-hydrogen) atoms. The number of fused-ring (bicyclic) bond motifs is 2. The van der Waals surface area contributed by atoms with Gasteiger partial charge in [0.1, 0.15) is 16.2 Å². The molecule has 1 aliphatic rings. The lowest BCUT2D eigenvalue weighted by molar-refractivity contribution is -0.668. The molecule has 0 amide bonds. The fourth-order valence-corrected chi connectivity index (χ4v) is 7.26. The molecule has 0 bridgehead atoms. The molecule has 14 heteroatoms. The number of thiazole rings is 1. The van der Waals surface area contributed by atoms with Gasteiger partial charge in [0.2, 0.25) is 5.52 Å². The maximum Gasteiger partial charge on any atom is 0.265 e. The number of hydrogen-bond donors (Lipinski definition) is 1. The van der Waals surface area contributed by atoms with Crippen LogP contribution in [0.3, 0.4) is 0 Å². The third-order valence-corrected chi connectivity index (χ3v) is 9.50. The summed E-state index contributed by atoms with van der Waals surface area (Å²) in [6.45, 7) is 0.647. The topological polar surface area (TPSA) is 137 Å². The van der Waals surface area contributed by atoms with E-state index in [0.717, 1.165) is 30.8 Å². The molecule has 3 aromatic rings. The fraction of sp³-hybridized carbons (Fsp3) is 0.348. The fourth-order valence-electron chi connectivity index (χ4n) is 4.00. The van der Waals surface area contributed by atoms with Crippen LogP contribution in [0.25, 0.3) is 16.3 Å². The molecule has 4 rings (SSSR count). The van der Waals surface area contributed by atoms with Crippen LogP contribution in [0.2, 0.25) is 0 Å². The monoisotopic (exact) mass is 586 g/mol. The molecule has 200 valence electrons. The maximum atomic E-state index is 11.3. The van der Waals surface area contributed by atoms with E-state index in [1.807, 2.05) is 51.9 Å². The number of aromatic nitrogens is 1. The van der Waals surface area contributed by atoms with Gasteiger partial charge >= 0.3 is 0 Å². The van der Waals surface area contributed by atoms with Gasteiger partial charge in [0.15, 0.2) is 6.54 Å². The first kappa shape index (κ1) is 27.7. The van der Waals surface area contributed by atoms with Gasteiger partial charge in [-0.25, -0.2) is 8.42 Å². The summed E-state index contributed by atoms with van der Waals surface area (Å²) < 4.78 is 79.1. The molecule has 1 aliphatic heterocycles. The number of rotatable bonds is 11. The van der Waals surface area contributed by atoms with E-state index in [9.17, 15) is 25.9 Å². The Balaban J connectivity index is 1.75. The number of nitrogens with zero attached hydrogens (tertiary/aromatic N) is 2. The second-order valence-corrected chi connectivity index (χ2v) is 13.5. The van der Waals surface area contributed by atoms with Gasteiger partial charge < -0.3 is 18.9 Å². The average Bonchev–Trinajstić information content (AvgIpc) is 3.34. The molecule has 10 nitrogen and oxygen atoms in total. The van der Waals surface area contributed by atoms with Gasteiger partial charge in [-0.15, -0.1) is 0 Å². The van der Waals surface area contributed by atoms with E-state index in [1.165, 1.54) is 23.1 Å². The van der Waals surface area contributed by atoms with E-state index in [1.54, 1.807) is 14.2 Å². The molecule has 1 N–H and O–H groups in total. The minimum atomic E-state index is -4.35. The lowest BCUT2D eigenvalue weighted by atomic mass is 10.2. The van der Waals surface area contributed by atoms with E-state index in [-0.39, 0.29) is 18.6 Å². The minimum Gasteiger partial charge on any atom is -0.748 e. The molecule has 0 unspecified atom stereocenters. The van der Waals surface area contributed by atoms with Crippen LogP contribution in [0.5, 0.6) is 11.5 Å². The summed E-state index contributed by atoms with van der Waals surface area (Å²) in [6, 6.07) is 11.3. The first-order chi connectivity index (χ1) is 17.5. The van der Waals surface area contributed by atoms with Gasteiger partial charge in [-0.05, 0) is 30.7 Å². The Morgan fingerprint density at radius 2 is 1.73 bits per heavy atom. The Bertz CT molecular complexity index is 1550. The van der Waals surface area contributed by atoms with Crippen molar-refractivity contribution in [2.45, 2.75) is 24.3 Å². The number of hydrogen-bond acceptors (Lipinski definition) is 10. The minimum absolute atomic E-state index is 0.151. The number of thioether (sulfide) groups is 1. The first-order valence-corrected chi connectivity index (χ1v) is 16.0. The number of methoxy groups -OCH3 is 2. The first-order valence-electron chi connectivity index (χ1n) is 11.2. The summed E-state index contributed by atoms with van der Waals surface area (Å²) in [5, 5.41) is 1.66. The van der Waals surface area contributed by atoms with Crippen molar-refractivity contribution in [3.8, 4) is 11.5 Å². The van der Waals surface area contributed by atoms with Crippen molar-refractivity contribution < 1.29 is 40.0 Å². The van der Waals surface area contributed by atoms with Gasteiger partial charge in [0, 0.05) is 29.7 Å². The molecule has 0 aliphatic carbocycles. The third kappa shape index (κ3) is 6.94. The van der Waals surface area contributed by atoms with Crippen molar-refractivity contribution in [2.75, 3.05) is 37.2 Å². The number of anilines is 1. The molecular formula is C23H26N2O8S4. The van der Waals surface area contributed by atoms with Crippen molar-refractivity contribution in [3.63, 3.8) is 0 Å². The van der Waals surface area contributed by atoms with Crippen LogP contribution in [0.1, 0.15) is 17.8 Å². The predicted molar refractivity (Wildman–Crippen MR) is 143 cm³/mol. The lowest BCUT2D eigenvalue weighted by Crippen LogP contribution is -2.36. The SMILES string of the molecule is COc1ccc2c(c1)N(CCCS(=O)(=O)O)/C(=C/c1sc3ccc(OC)cc3[n+]1CCCS(=O)(=O)[O-])S2. The van der Waals surface area contributed by atoms with Crippen LogP contribution in [0.4, 0.5) is 5.69 Å². The predicted octanol–water partition coefficient (Wildman–Crippen LogP) is 3.33. The molecular weight excluding hydrogens is 561 g/mol. The van der Waals surface area contributed by atoms with Crippen molar-refractivity contribution >= 4 is 65.3 Å². The second-order valence-electron chi connectivity index (χ2n) is 8.25. The van der Waals surface area contributed by atoms with Gasteiger partial charge in [-0.1, -0.05) is 23.1 Å². The zero-order valence-corrected chi connectivity index (χ0v) is 23.4. The molecule has 0 atom stereocenters. The highest BCUT2D eigenvalue weighted by Crippen LogP contribution is 2.48. The summed E-state index contributed by atoms with van der Waals surface area (Å²) >= 11 is 3.02. The highest BCUT2D eigenvalue weighted by atomic mass is 32.2. The summed E-state index contributed by atoms with van der Waals surface area (Å²) in [7, 11) is -5.31. The highest BCUT2D eigenvalue weighted by Gasteiger charge is 2.29. The summed E-state index contributed by atoms with van der Waals surface area (Å²) in [4.78, 5) is 2.94. The molecule has 0 saturated heterocycles. The maximum absolute atomic E-state index is 11.3. The van der Waals surface area contributed by atoms with Crippen molar-refractivity contribution in [1.29, 1.82) is 0 Å². The molecule has 0 spiro atoms. The van der Waals surface area contributed by atoms with E-state index in [0.29, 0.717) is 24.6 Å².